The number of H-pyrrole nitrogens is 1. The first kappa shape index (κ1) is 12.8. The van der Waals surface area contributed by atoms with Crippen LogP contribution in [0.15, 0.2) is 29.2 Å². The van der Waals surface area contributed by atoms with Crippen LogP contribution in [0.3, 0.4) is 0 Å². The molecule has 0 bridgehead atoms. The van der Waals surface area contributed by atoms with Crippen LogP contribution < -0.4 is 5.43 Å². The van der Waals surface area contributed by atoms with Crippen LogP contribution in [0.1, 0.15) is 20.7 Å². The van der Waals surface area contributed by atoms with E-state index >= 15 is 0 Å². The molecule has 0 saturated carbocycles. The minimum atomic E-state index is -0.703. The van der Waals surface area contributed by atoms with Gasteiger partial charge in [-0.05, 0) is 12.1 Å². The van der Waals surface area contributed by atoms with E-state index in [0.717, 1.165) is 0 Å². The van der Waals surface area contributed by atoms with Crippen molar-refractivity contribution in [2.75, 3.05) is 14.2 Å². The summed E-state index contributed by atoms with van der Waals surface area (Å²) in [5.41, 5.74) is 0.234. The highest BCUT2D eigenvalue weighted by atomic mass is 16.5. The fourth-order valence-electron chi connectivity index (χ4n) is 1.78. The topological polar surface area (TPSA) is 85.5 Å². The summed E-state index contributed by atoms with van der Waals surface area (Å²) >= 11 is 0. The van der Waals surface area contributed by atoms with Crippen LogP contribution in [-0.4, -0.2) is 31.1 Å². The zero-order valence-electron chi connectivity index (χ0n) is 10.4. The van der Waals surface area contributed by atoms with Crippen LogP contribution in [0.2, 0.25) is 0 Å². The van der Waals surface area contributed by atoms with E-state index in [1.165, 1.54) is 38.6 Å². The van der Waals surface area contributed by atoms with Gasteiger partial charge in [-0.3, -0.25) is 4.79 Å². The molecule has 0 aliphatic carbocycles. The number of methoxy groups -OCH3 is 2. The third kappa shape index (κ3) is 2.20. The molecule has 1 N–H and O–H groups in total. The number of aromatic nitrogens is 1. The number of benzene rings is 1. The van der Waals surface area contributed by atoms with E-state index in [-0.39, 0.29) is 16.6 Å². The lowest BCUT2D eigenvalue weighted by atomic mass is 10.0. The molecule has 0 radical (unpaired) electrons. The molecule has 1 aromatic carbocycles. The van der Waals surface area contributed by atoms with Gasteiger partial charge in [0.25, 0.3) is 0 Å². The Morgan fingerprint density at radius 3 is 2.21 bits per heavy atom. The molecule has 0 saturated heterocycles. The molecule has 0 aliphatic heterocycles. The van der Waals surface area contributed by atoms with Crippen molar-refractivity contribution in [2.24, 2.45) is 0 Å². The molecule has 0 amide bonds. The Labute approximate surface area is 108 Å². The molecule has 2 aromatic rings. The molecule has 19 heavy (non-hydrogen) atoms. The number of esters is 2. The van der Waals surface area contributed by atoms with E-state index in [2.05, 4.69) is 14.5 Å². The van der Waals surface area contributed by atoms with Gasteiger partial charge in [-0.15, -0.1) is 0 Å². The normalized spacial score (nSPS) is 10.2. The average molecular weight is 261 g/mol. The van der Waals surface area contributed by atoms with Crippen molar-refractivity contribution in [3.8, 4) is 0 Å². The van der Waals surface area contributed by atoms with Gasteiger partial charge in [0.05, 0.1) is 30.9 Å². The summed E-state index contributed by atoms with van der Waals surface area (Å²) in [6, 6.07) is 4.06. The predicted molar refractivity (Wildman–Crippen MR) is 67.2 cm³/mol. The van der Waals surface area contributed by atoms with Gasteiger partial charge in [0.2, 0.25) is 0 Å². The lowest BCUT2D eigenvalue weighted by Crippen LogP contribution is -2.13. The SMILES string of the molecule is COC(=O)c1cc2[nH]ccc(=O)c2cc1C(=O)OC. The van der Waals surface area contributed by atoms with Gasteiger partial charge < -0.3 is 14.5 Å². The Morgan fingerprint density at radius 1 is 1.05 bits per heavy atom. The van der Waals surface area contributed by atoms with Crippen molar-refractivity contribution in [3.05, 3.63) is 45.7 Å². The molecule has 1 aromatic heterocycles. The van der Waals surface area contributed by atoms with Crippen molar-refractivity contribution >= 4 is 22.8 Å². The molecular formula is C13H11NO5. The maximum absolute atomic E-state index is 11.7. The maximum atomic E-state index is 11.7. The number of carbonyl (C=O) groups is 2. The van der Waals surface area contributed by atoms with Crippen LogP contribution in [0.4, 0.5) is 0 Å². The zero-order chi connectivity index (χ0) is 14.0. The van der Waals surface area contributed by atoms with Gasteiger partial charge in [-0.2, -0.15) is 0 Å². The van der Waals surface area contributed by atoms with Gasteiger partial charge in [-0.1, -0.05) is 0 Å². The zero-order valence-corrected chi connectivity index (χ0v) is 10.4. The van der Waals surface area contributed by atoms with Crippen LogP contribution in [0, 0.1) is 0 Å². The Hall–Kier alpha value is -2.63. The van der Waals surface area contributed by atoms with Crippen LogP contribution in [0.5, 0.6) is 0 Å². The van der Waals surface area contributed by atoms with E-state index in [1.54, 1.807) is 0 Å². The number of hydrogen-bond acceptors (Lipinski definition) is 5. The van der Waals surface area contributed by atoms with Crippen LogP contribution in [0.25, 0.3) is 10.9 Å². The minimum absolute atomic E-state index is 0.00134. The predicted octanol–water partition coefficient (Wildman–Crippen LogP) is 1.10. The summed E-state index contributed by atoms with van der Waals surface area (Å²) in [6.45, 7) is 0. The van der Waals surface area contributed by atoms with Gasteiger partial charge in [0, 0.05) is 17.6 Å². The highest BCUT2D eigenvalue weighted by molar-refractivity contribution is 6.06. The molecule has 0 aliphatic rings. The first-order valence-electron chi connectivity index (χ1n) is 5.40. The summed E-state index contributed by atoms with van der Waals surface area (Å²) in [4.78, 5) is 37.9. The summed E-state index contributed by atoms with van der Waals surface area (Å²) in [5.74, 6) is -1.38. The Kier molecular flexibility index (Phi) is 3.33. The molecular weight excluding hydrogens is 250 g/mol. The monoisotopic (exact) mass is 261 g/mol. The first-order chi connectivity index (χ1) is 9.08. The molecule has 0 fully saturated rings. The largest absolute Gasteiger partial charge is 0.465 e. The van der Waals surface area contributed by atoms with E-state index in [9.17, 15) is 14.4 Å². The van der Waals surface area contributed by atoms with Crippen LogP contribution >= 0.6 is 0 Å². The second-order valence-electron chi connectivity index (χ2n) is 3.77. The Balaban J connectivity index is 2.81. The lowest BCUT2D eigenvalue weighted by Gasteiger charge is -2.08. The van der Waals surface area contributed by atoms with Gasteiger partial charge in [0.1, 0.15) is 0 Å². The standard InChI is InChI=1S/C13H11NO5/c1-18-12(16)7-5-9-10(14-4-3-11(9)15)6-8(7)13(17)19-2/h3-6H,1-2H3,(H,14,15). The van der Waals surface area contributed by atoms with E-state index in [4.69, 9.17) is 0 Å². The second-order valence-corrected chi connectivity index (χ2v) is 3.77. The first-order valence-corrected chi connectivity index (χ1v) is 5.40. The number of rotatable bonds is 2. The Bertz CT molecular complexity index is 717. The molecule has 6 heteroatoms. The number of ether oxygens (including phenoxy) is 2. The van der Waals surface area contributed by atoms with Gasteiger partial charge >= 0.3 is 11.9 Å². The molecule has 6 nitrogen and oxygen atoms in total. The highest BCUT2D eigenvalue weighted by Gasteiger charge is 2.20. The quantitative estimate of drug-likeness (QED) is 0.818. The summed E-state index contributed by atoms with van der Waals surface area (Å²) in [6.07, 6.45) is 1.46. The third-order valence-corrected chi connectivity index (χ3v) is 2.71. The second kappa shape index (κ2) is 4.93. The van der Waals surface area contributed by atoms with Gasteiger partial charge in [0.15, 0.2) is 5.43 Å². The molecule has 2 rings (SSSR count). The number of fused-ring (bicyclic) bond motifs is 1. The lowest BCUT2D eigenvalue weighted by molar-refractivity contribution is 0.0555. The number of pyridine rings is 1. The molecule has 0 atom stereocenters. The maximum Gasteiger partial charge on any atom is 0.338 e. The van der Waals surface area contributed by atoms with Crippen molar-refractivity contribution in [3.63, 3.8) is 0 Å². The van der Waals surface area contributed by atoms with E-state index in [0.29, 0.717) is 10.9 Å². The molecule has 0 unspecified atom stereocenters. The van der Waals surface area contributed by atoms with E-state index < -0.39 is 11.9 Å². The molecule has 98 valence electrons. The average Bonchev–Trinajstić information content (AvgIpc) is 2.44. The fraction of sp³-hybridized carbons (Fsp3) is 0.154. The fourth-order valence-corrected chi connectivity index (χ4v) is 1.78. The highest BCUT2D eigenvalue weighted by Crippen LogP contribution is 2.18. The van der Waals surface area contributed by atoms with Crippen molar-refractivity contribution in [1.82, 2.24) is 4.98 Å². The van der Waals surface area contributed by atoms with E-state index in [1.807, 2.05) is 0 Å². The Morgan fingerprint density at radius 2 is 1.63 bits per heavy atom. The summed E-state index contributed by atoms with van der Waals surface area (Å²) in [5, 5.41) is 0.301. The third-order valence-electron chi connectivity index (χ3n) is 2.71. The number of aromatic amines is 1. The number of hydrogen-bond donors (Lipinski definition) is 1. The molecule has 0 spiro atoms. The summed E-state index contributed by atoms with van der Waals surface area (Å²) < 4.78 is 9.21. The van der Waals surface area contributed by atoms with Crippen LogP contribution in [-0.2, 0) is 9.47 Å². The van der Waals surface area contributed by atoms with Gasteiger partial charge in [-0.25, -0.2) is 9.59 Å². The van der Waals surface area contributed by atoms with Crippen molar-refractivity contribution in [1.29, 1.82) is 0 Å². The van der Waals surface area contributed by atoms with Crippen molar-refractivity contribution < 1.29 is 19.1 Å². The summed E-state index contributed by atoms with van der Waals surface area (Å²) in [7, 11) is 2.41. The number of carbonyl (C=O) groups excluding carboxylic acids is 2. The smallest absolute Gasteiger partial charge is 0.338 e. The molecule has 1 heterocycles. The number of nitrogens with one attached hydrogen (secondary N) is 1. The minimum Gasteiger partial charge on any atom is -0.465 e. The van der Waals surface area contributed by atoms with Crippen molar-refractivity contribution in [2.45, 2.75) is 0 Å².